The van der Waals surface area contributed by atoms with Gasteiger partial charge in [0.1, 0.15) is 22.7 Å². The van der Waals surface area contributed by atoms with E-state index in [-0.39, 0.29) is 11.2 Å². The first-order valence-corrected chi connectivity index (χ1v) is 6.95. The monoisotopic (exact) mass is 290 g/mol. The van der Waals surface area contributed by atoms with Crippen LogP contribution in [0, 0.1) is 0 Å². The first-order chi connectivity index (χ1) is 8.28. The van der Waals surface area contributed by atoms with Crippen LogP contribution in [-0.2, 0) is 0 Å². The first kappa shape index (κ1) is 15.5. The van der Waals surface area contributed by atoms with Gasteiger partial charge < -0.3 is 9.47 Å². The minimum absolute atomic E-state index is 0.376. The predicted molar refractivity (Wildman–Crippen MR) is 77.3 cm³/mol. The molecule has 0 heterocycles. The van der Waals surface area contributed by atoms with Crippen molar-refractivity contribution in [2.24, 2.45) is 0 Å². The summed E-state index contributed by atoms with van der Waals surface area (Å²) in [4.78, 5) is 0. The molecule has 0 saturated carbocycles. The number of alkyl halides is 2. The van der Waals surface area contributed by atoms with Crippen molar-refractivity contribution in [2.75, 3.05) is 11.8 Å². The van der Waals surface area contributed by atoms with Gasteiger partial charge in [0.15, 0.2) is 0 Å². The second kappa shape index (κ2) is 6.03. The van der Waals surface area contributed by atoms with Crippen molar-refractivity contribution in [3.05, 3.63) is 24.3 Å². The molecule has 0 saturated heterocycles. The summed E-state index contributed by atoms with van der Waals surface area (Å²) in [7, 11) is 0. The normalized spacial score (nSPS) is 12.3. The standard InChI is InChI=1S/C14H20Cl2O2/c1-13(2,9-15)17-11-5-7-12(8-6-11)18-14(3,4)10-16/h5-8H,9-10H2,1-4H3. The fourth-order valence-corrected chi connectivity index (χ4v) is 1.38. The van der Waals surface area contributed by atoms with Gasteiger partial charge in [-0.1, -0.05) is 0 Å². The molecule has 2 nitrogen and oxygen atoms in total. The lowest BCUT2D eigenvalue weighted by Crippen LogP contribution is -2.30. The molecule has 18 heavy (non-hydrogen) atoms. The van der Waals surface area contributed by atoms with Gasteiger partial charge in [-0.3, -0.25) is 0 Å². The molecule has 0 aliphatic carbocycles. The number of rotatable bonds is 6. The zero-order valence-corrected chi connectivity index (χ0v) is 12.8. The van der Waals surface area contributed by atoms with Crippen molar-refractivity contribution in [3.8, 4) is 11.5 Å². The number of halogens is 2. The summed E-state index contributed by atoms with van der Waals surface area (Å²) in [5.74, 6) is 2.42. The fraction of sp³-hybridized carbons (Fsp3) is 0.571. The van der Waals surface area contributed by atoms with Crippen LogP contribution >= 0.6 is 23.2 Å². The number of hydrogen-bond acceptors (Lipinski definition) is 2. The van der Waals surface area contributed by atoms with Crippen molar-refractivity contribution in [1.29, 1.82) is 0 Å². The summed E-state index contributed by atoms with van der Waals surface area (Å²) < 4.78 is 11.5. The third-order valence-electron chi connectivity index (χ3n) is 2.26. The second-order valence-corrected chi connectivity index (χ2v) is 6.00. The summed E-state index contributed by atoms with van der Waals surface area (Å²) in [6, 6.07) is 7.48. The molecule has 0 radical (unpaired) electrons. The van der Waals surface area contributed by atoms with Crippen LogP contribution in [0.1, 0.15) is 27.7 Å². The highest BCUT2D eigenvalue weighted by Crippen LogP contribution is 2.25. The molecule has 0 bridgehead atoms. The lowest BCUT2D eigenvalue weighted by molar-refractivity contribution is 0.129. The van der Waals surface area contributed by atoms with E-state index < -0.39 is 0 Å². The molecule has 0 aliphatic heterocycles. The maximum atomic E-state index is 5.82. The average Bonchev–Trinajstić information content (AvgIpc) is 2.31. The molecular weight excluding hydrogens is 271 g/mol. The molecule has 0 spiro atoms. The molecule has 0 amide bonds. The summed E-state index contributed by atoms with van der Waals surface area (Å²) >= 11 is 11.6. The van der Waals surface area contributed by atoms with Crippen LogP contribution in [-0.4, -0.2) is 23.0 Å². The third-order valence-corrected chi connectivity index (χ3v) is 3.54. The van der Waals surface area contributed by atoms with Crippen LogP contribution in [0.15, 0.2) is 24.3 Å². The maximum Gasteiger partial charge on any atom is 0.120 e. The summed E-state index contributed by atoms with van der Waals surface area (Å²) in [5.41, 5.74) is -0.751. The van der Waals surface area contributed by atoms with E-state index in [2.05, 4.69) is 0 Å². The lowest BCUT2D eigenvalue weighted by atomic mass is 10.1. The Morgan fingerprint density at radius 2 is 1.06 bits per heavy atom. The molecular formula is C14H20Cl2O2. The molecule has 1 aromatic carbocycles. The molecule has 1 aromatic rings. The van der Waals surface area contributed by atoms with Gasteiger partial charge >= 0.3 is 0 Å². The highest BCUT2D eigenvalue weighted by molar-refractivity contribution is 6.18. The Hall–Kier alpha value is -0.600. The highest BCUT2D eigenvalue weighted by atomic mass is 35.5. The number of hydrogen-bond donors (Lipinski definition) is 0. The molecule has 0 aliphatic rings. The molecule has 4 heteroatoms. The Kier molecular flexibility index (Phi) is 5.18. The van der Waals surface area contributed by atoms with Gasteiger partial charge in [-0.15, -0.1) is 23.2 Å². The van der Waals surface area contributed by atoms with Gasteiger partial charge in [0, 0.05) is 0 Å². The van der Waals surface area contributed by atoms with Crippen LogP contribution in [0.4, 0.5) is 0 Å². The Balaban J connectivity index is 2.69. The Morgan fingerprint density at radius 1 is 0.778 bits per heavy atom. The summed E-state index contributed by atoms with van der Waals surface area (Å²) in [6.07, 6.45) is 0. The molecule has 0 unspecified atom stereocenters. The minimum Gasteiger partial charge on any atom is -0.487 e. The summed E-state index contributed by atoms with van der Waals surface area (Å²) in [6.45, 7) is 7.78. The van der Waals surface area contributed by atoms with Gasteiger partial charge in [-0.2, -0.15) is 0 Å². The van der Waals surface area contributed by atoms with Gasteiger partial charge in [-0.25, -0.2) is 0 Å². The van der Waals surface area contributed by atoms with Crippen molar-refractivity contribution >= 4 is 23.2 Å². The van der Waals surface area contributed by atoms with E-state index in [4.69, 9.17) is 32.7 Å². The van der Waals surface area contributed by atoms with E-state index in [9.17, 15) is 0 Å². The van der Waals surface area contributed by atoms with Crippen LogP contribution in [0.2, 0.25) is 0 Å². The van der Waals surface area contributed by atoms with Crippen molar-refractivity contribution in [3.63, 3.8) is 0 Å². The molecule has 0 aromatic heterocycles. The fourth-order valence-electron chi connectivity index (χ4n) is 1.27. The Morgan fingerprint density at radius 3 is 1.28 bits per heavy atom. The van der Waals surface area contributed by atoms with Crippen LogP contribution in [0.5, 0.6) is 11.5 Å². The van der Waals surface area contributed by atoms with Crippen molar-refractivity contribution < 1.29 is 9.47 Å². The van der Waals surface area contributed by atoms with Gasteiger partial charge in [-0.05, 0) is 52.0 Å². The van der Waals surface area contributed by atoms with Gasteiger partial charge in [0.25, 0.3) is 0 Å². The third kappa shape index (κ3) is 4.95. The zero-order valence-electron chi connectivity index (χ0n) is 11.3. The quantitative estimate of drug-likeness (QED) is 0.719. The van der Waals surface area contributed by atoms with E-state index in [1.165, 1.54) is 0 Å². The van der Waals surface area contributed by atoms with E-state index in [0.717, 1.165) is 11.5 Å². The van der Waals surface area contributed by atoms with Crippen LogP contribution < -0.4 is 9.47 Å². The first-order valence-electron chi connectivity index (χ1n) is 5.88. The minimum atomic E-state index is -0.376. The van der Waals surface area contributed by atoms with E-state index >= 15 is 0 Å². The van der Waals surface area contributed by atoms with E-state index in [1.807, 2.05) is 52.0 Å². The highest BCUT2D eigenvalue weighted by Gasteiger charge is 2.20. The maximum absolute atomic E-state index is 5.82. The van der Waals surface area contributed by atoms with Crippen molar-refractivity contribution in [2.45, 2.75) is 38.9 Å². The predicted octanol–water partition coefficient (Wildman–Crippen LogP) is 4.48. The number of ether oxygens (including phenoxy) is 2. The van der Waals surface area contributed by atoms with E-state index in [0.29, 0.717) is 11.8 Å². The van der Waals surface area contributed by atoms with Crippen LogP contribution in [0.25, 0.3) is 0 Å². The molecule has 0 atom stereocenters. The number of benzene rings is 1. The molecule has 0 fully saturated rings. The Labute approximate surface area is 119 Å². The van der Waals surface area contributed by atoms with Gasteiger partial charge in [0.05, 0.1) is 11.8 Å². The second-order valence-electron chi connectivity index (χ2n) is 5.46. The average molecular weight is 291 g/mol. The molecule has 1 rings (SSSR count). The van der Waals surface area contributed by atoms with E-state index in [1.54, 1.807) is 0 Å². The SMILES string of the molecule is CC(C)(CCl)Oc1ccc(OC(C)(C)CCl)cc1. The van der Waals surface area contributed by atoms with Crippen molar-refractivity contribution in [1.82, 2.24) is 0 Å². The summed E-state index contributed by atoms with van der Waals surface area (Å²) in [5, 5.41) is 0. The zero-order chi connectivity index (χ0) is 13.8. The lowest BCUT2D eigenvalue weighted by Gasteiger charge is -2.25. The Bertz CT molecular complexity index is 335. The smallest absolute Gasteiger partial charge is 0.120 e. The largest absolute Gasteiger partial charge is 0.487 e. The molecule has 0 N–H and O–H groups in total. The van der Waals surface area contributed by atoms with Gasteiger partial charge in [0.2, 0.25) is 0 Å². The van der Waals surface area contributed by atoms with Crippen LogP contribution in [0.3, 0.4) is 0 Å². The molecule has 102 valence electrons. The topological polar surface area (TPSA) is 18.5 Å².